The zero-order valence-electron chi connectivity index (χ0n) is 11.4. The molecule has 0 bridgehead atoms. The number of alkyl halides is 9. The lowest BCUT2D eigenvalue weighted by atomic mass is 9.94. The third kappa shape index (κ3) is 6.00. The van der Waals surface area contributed by atoms with Crippen LogP contribution in [0.3, 0.4) is 0 Å². The SMILES string of the molecule is Cl.N[C@@H](CCC(F)(F)F)c1c(F)cc(C(F)(F)F)cc1C(F)(F)F. The largest absolute Gasteiger partial charge is 0.416 e. The van der Waals surface area contributed by atoms with E-state index in [1.165, 1.54) is 0 Å². The molecule has 1 aromatic rings. The Labute approximate surface area is 135 Å². The Morgan fingerprint density at radius 2 is 1.38 bits per heavy atom. The molecule has 0 aliphatic heterocycles. The smallest absolute Gasteiger partial charge is 0.324 e. The molecule has 0 spiro atoms. The fourth-order valence-corrected chi connectivity index (χ4v) is 1.86. The maximum Gasteiger partial charge on any atom is 0.416 e. The van der Waals surface area contributed by atoms with Crippen LogP contribution in [0.2, 0.25) is 0 Å². The minimum Gasteiger partial charge on any atom is -0.324 e. The summed E-state index contributed by atoms with van der Waals surface area (Å²) in [4.78, 5) is 0. The summed E-state index contributed by atoms with van der Waals surface area (Å²) in [6.07, 6.45) is -18.1. The van der Waals surface area contributed by atoms with Crippen LogP contribution in [-0.2, 0) is 12.4 Å². The summed E-state index contributed by atoms with van der Waals surface area (Å²) < 4.78 is 126. The highest BCUT2D eigenvalue weighted by Gasteiger charge is 2.41. The molecule has 1 nitrogen and oxygen atoms in total. The van der Waals surface area contributed by atoms with Crippen LogP contribution >= 0.6 is 12.4 Å². The molecule has 0 radical (unpaired) electrons. The first-order valence-electron chi connectivity index (χ1n) is 5.93. The highest BCUT2D eigenvalue weighted by atomic mass is 35.5. The van der Waals surface area contributed by atoms with Gasteiger partial charge >= 0.3 is 18.5 Å². The molecule has 140 valence electrons. The summed E-state index contributed by atoms with van der Waals surface area (Å²) in [5, 5.41) is 0. The third-order valence-corrected chi connectivity index (χ3v) is 2.87. The van der Waals surface area contributed by atoms with E-state index >= 15 is 0 Å². The van der Waals surface area contributed by atoms with Crippen molar-refractivity contribution in [1.82, 2.24) is 0 Å². The summed E-state index contributed by atoms with van der Waals surface area (Å²) >= 11 is 0. The number of benzene rings is 1. The van der Waals surface area contributed by atoms with Gasteiger partial charge in [0, 0.05) is 18.0 Å². The maximum absolute atomic E-state index is 13.7. The average Bonchev–Trinajstić information content (AvgIpc) is 2.31. The molecule has 0 fully saturated rings. The Balaban J connectivity index is 0.00000529. The molecule has 0 aliphatic rings. The molecule has 0 saturated heterocycles. The van der Waals surface area contributed by atoms with Crippen LogP contribution in [0.4, 0.5) is 43.9 Å². The van der Waals surface area contributed by atoms with E-state index in [1.807, 2.05) is 0 Å². The Morgan fingerprint density at radius 1 is 0.875 bits per heavy atom. The first-order chi connectivity index (χ1) is 10.1. The molecule has 0 heterocycles. The normalized spacial score (nSPS) is 14.3. The number of rotatable bonds is 3. The number of hydrogen-bond acceptors (Lipinski definition) is 1. The van der Waals surface area contributed by atoms with Crippen LogP contribution in [0, 0.1) is 5.82 Å². The molecule has 0 saturated carbocycles. The van der Waals surface area contributed by atoms with Crippen LogP contribution < -0.4 is 5.73 Å². The van der Waals surface area contributed by atoms with Gasteiger partial charge in [0.2, 0.25) is 0 Å². The second kappa shape index (κ2) is 7.34. The van der Waals surface area contributed by atoms with Gasteiger partial charge in [-0.1, -0.05) is 0 Å². The van der Waals surface area contributed by atoms with E-state index in [0.29, 0.717) is 0 Å². The molecule has 0 aliphatic carbocycles. The van der Waals surface area contributed by atoms with E-state index in [4.69, 9.17) is 5.73 Å². The van der Waals surface area contributed by atoms with E-state index in [-0.39, 0.29) is 24.5 Å². The Morgan fingerprint density at radius 3 is 1.75 bits per heavy atom. The lowest BCUT2D eigenvalue weighted by Crippen LogP contribution is -2.23. The molecule has 24 heavy (non-hydrogen) atoms. The van der Waals surface area contributed by atoms with Crippen molar-refractivity contribution in [2.24, 2.45) is 5.73 Å². The molecule has 0 aromatic heterocycles. The Kier molecular flexibility index (Phi) is 6.96. The van der Waals surface area contributed by atoms with Crippen molar-refractivity contribution in [1.29, 1.82) is 0 Å². The van der Waals surface area contributed by atoms with Gasteiger partial charge in [-0.15, -0.1) is 12.4 Å². The van der Waals surface area contributed by atoms with Gasteiger partial charge in [0.1, 0.15) is 5.82 Å². The number of nitrogens with two attached hydrogens (primary N) is 1. The van der Waals surface area contributed by atoms with E-state index < -0.39 is 59.9 Å². The quantitative estimate of drug-likeness (QED) is 0.662. The van der Waals surface area contributed by atoms with Crippen molar-refractivity contribution in [3.8, 4) is 0 Å². The summed E-state index contributed by atoms with van der Waals surface area (Å²) in [7, 11) is 0. The Hall–Kier alpha value is -1.23. The molecular weight excluding hydrogens is 384 g/mol. The van der Waals surface area contributed by atoms with Crippen molar-refractivity contribution in [3.63, 3.8) is 0 Å². The van der Waals surface area contributed by atoms with Crippen molar-refractivity contribution < 1.29 is 43.9 Å². The number of hydrogen-bond donors (Lipinski definition) is 1. The minimum absolute atomic E-state index is 0. The molecule has 0 unspecified atom stereocenters. The second-order valence-electron chi connectivity index (χ2n) is 4.68. The van der Waals surface area contributed by atoms with Crippen LogP contribution in [0.15, 0.2) is 12.1 Å². The standard InChI is InChI=1S/C12H9F10N.ClH/c13-7-4-5(11(17,18)19)3-6(12(20,21)22)9(7)8(23)1-2-10(14,15)16;/h3-4,8H,1-2,23H2;1H/t8-;/m0./s1. The van der Waals surface area contributed by atoms with Crippen LogP contribution in [0.25, 0.3) is 0 Å². The van der Waals surface area contributed by atoms with E-state index in [0.717, 1.165) is 0 Å². The van der Waals surface area contributed by atoms with Crippen molar-refractivity contribution >= 4 is 12.4 Å². The average molecular weight is 394 g/mol. The molecule has 1 atom stereocenters. The zero-order valence-corrected chi connectivity index (χ0v) is 12.2. The zero-order chi connectivity index (χ0) is 18.2. The molecule has 2 N–H and O–H groups in total. The number of halogens is 11. The first kappa shape index (κ1) is 22.8. The highest BCUT2D eigenvalue weighted by molar-refractivity contribution is 5.85. The maximum atomic E-state index is 13.7. The predicted molar refractivity (Wildman–Crippen MR) is 65.9 cm³/mol. The molecule has 0 amide bonds. The lowest BCUT2D eigenvalue weighted by Gasteiger charge is -2.21. The summed E-state index contributed by atoms with van der Waals surface area (Å²) in [5.74, 6) is -1.96. The fraction of sp³-hybridized carbons (Fsp3) is 0.500. The van der Waals surface area contributed by atoms with Crippen molar-refractivity contribution in [2.75, 3.05) is 0 Å². The van der Waals surface area contributed by atoms with Gasteiger partial charge in [-0.3, -0.25) is 0 Å². The van der Waals surface area contributed by atoms with Gasteiger partial charge in [0.25, 0.3) is 0 Å². The van der Waals surface area contributed by atoms with E-state index in [1.54, 1.807) is 0 Å². The van der Waals surface area contributed by atoms with Gasteiger partial charge < -0.3 is 5.73 Å². The molecular formula is C12H10ClF10N. The second-order valence-corrected chi connectivity index (χ2v) is 4.68. The van der Waals surface area contributed by atoms with Crippen LogP contribution in [-0.4, -0.2) is 6.18 Å². The summed E-state index contributed by atoms with van der Waals surface area (Å²) in [6.45, 7) is 0. The first-order valence-corrected chi connectivity index (χ1v) is 5.93. The van der Waals surface area contributed by atoms with Gasteiger partial charge in [0.05, 0.1) is 11.1 Å². The van der Waals surface area contributed by atoms with Gasteiger partial charge in [-0.2, -0.15) is 39.5 Å². The molecule has 1 aromatic carbocycles. The topological polar surface area (TPSA) is 26.0 Å². The van der Waals surface area contributed by atoms with Crippen molar-refractivity contribution in [3.05, 3.63) is 34.6 Å². The highest BCUT2D eigenvalue weighted by Crippen LogP contribution is 2.41. The third-order valence-electron chi connectivity index (χ3n) is 2.87. The minimum atomic E-state index is -5.41. The van der Waals surface area contributed by atoms with Gasteiger partial charge in [-0.05, 0) is 18.6 Å². The van der Waals surface area contributed by atoms with Crippen molar-refractivity contribution in [2.45, 2.75) is 37.4 Å². The van der Waals surface area contributed by atoms with E-state index in [9.17, 15) is 43.9 Å². The summed E-state index contributed by atoms with van der Waals surface area (Å²) in [5.41, 5.74) is -0.234. The Bertz CT molecular complexity index is 561. The molecule has 12 heteroatoms. The van der Waals surface area contributed by atoms with Crippen LogP contribution in [0.5, 0.6) is 0 Å². The fourth-order valence-electron chi connectivity index (χ4n) is 1.86. The predicted octanol–water partition coefficient (Wildman–Crippen LogP) is 5.63. The van der Waals surface area contributed by atoms with Crippen LogP contribution in [0.1, 0.15) is 35.6 Å². The van der Waals surface area contributed by atoms with E-state index in [2.05, 4.69) is 0 Å². The van der Waals surface area contributed by atoms with Gasteiger partial charge in [-0.25, -0.2) is 4.39 Å². The lowest BCUT2D eigenvalue weighted by molar-refractivity contribution is -0.144. The molecule has 1 rings (SSSR count). The monoisotopic (exact) mass is 393 g/mol. The summed E-state index contributed by atoms with van der Waals surface area (Å²) in [6, 6.07) is -2.65. The van der Waals surface area contributed by atoms with Gasteiger partial charge in [0.15, 0.2) is 0 Å².